The molecule has 6 nitrogen and oxygen atoms in total. The van der Waals surface area contributed by atoms with Gasteiger partial charge in [0.05, 0.1) is 5.69 Å². The van der Waals surface area contributed by atoms with Gasteiger partial charge in [0.1, 0.15) is 5.56 Å². The Kier molecular flexibility index (Phi) is 1.54. The molecule has 1 aliphatic rings. The van der Waals surface area contributed by atoms with Gasteiger partial charge >= 0.3 is 0 Å². The van der Waals surface area contributed by atoms with Crippen LogP contribution in [0.1, 0.15) is 16.1 Å². The Balaban J connectivity index is 2.70. The van der Waals surface area contributed by atoms with Crippen LogP contribution in [0.15, 0.2) is 4.79 Å². The Labute approximate surface area is 73.2 Å². The van der Waals surface area contributed by atoms with Crippen molar-refractivity contribution in [3.05, 3.63) is 21.6 Å². The van der Waals surface area contributed by atoms with Crippen LogP contribution in [0.5, 0.6) is 0 Å². The van der Waals surface area contributed by atoms with Crippen LogP contribution in [-0.4, -0.2) is 22.4 Å². The van der Waals surface area contributed by atoms with Crippen molar-refractivity contribution in [1.29, 1.82) is 0 Å². The second-order valence-electron chi connectivity index (χ2n) is 2.78. The molecule has 0 atom stereocenters. The molecule has 1 aromatic rings. The molecule has 0 aliphatic carbocycles. The molecular formula is C7H8N4O2. The number of nitrogens with one attached hydrogen (secondary N) is 2. The summed E-state index contributed by atoms with van der Waals surface area (Å²) in [5, 5.41) is 2.56. The summed E-state index contributed by atoms with van der Waals surface area (Å²) in [6.45, 7) is 0.502. The van der Waals surface area contributed by atoms with E-state index in [-0.39, 0.29) is 17.4 Å². The summed E-state index contributed by atoms with van der Waals surface area (Å²) in [7, 11) is 0. The first-order chi connectivity index (χ1) is 6.18. The van der Waals surface area contributed by atoms with Crippen molar-refractivity contribution in [3.8, 4) is 0 Å². The van der Waals surface area contributed by atoms with Gasteiger partial charge in [0.25, 0.3) is 11.5 Å². The predicted molar refractivity (Wildman–Crippen MR) is 45.3 cm³/mol. The van der Waals surface area contributed by atoms with Gasteiger partial charge in [0, 0.05) is 13.0 Å². The van der Waals surface area contributed by atoms with E-state index in [1.165, 1.54) is 0 Å². The Hall–Kier alpha value is -1.85. The Morgan fingerprint density at radius 1 is 1.38 bits per heavy atom. The predicted octanol–water partition coefficient (Wildman–Crippen LogP) is -1.36. The molecule has 0 saturated heterocycles. The largest absolute Gasteiger partial charge is 0.369 e. The average molecular weight is 180 g/mol. The molecule has 1 aliphatic heterocycles. The van der Waals surface area contributed by atoms with Crippen LogP contribution in [0.4, 0.5) is 5.95 Å². The van der Waals surface area contributed by atoms with Crippen LogP contribution in [0.3, 0.4) is 0 Å². The van der Waals surface area contributed by atoms with E-state index in [2.05, 4.69) is 15.3 Å². The Morgan fingerprint density at radius 3 is 2.92 bits per heavy atom. The number of nitrogens with two attached hydrogens (primary N) is 1. The summed E-state index contributed by atoms with van der Waals surface area (Å²) in [4.78, 5) is 28.6. The van der Waals surface area contributed by atoms with E-state index in [9.17, 15) is 9.59 Å². The molecule has 2 heterocycles. The zero-order valence-corrected chi connectivity index (χ0v) is 6.76. The highest BCUT2D eigenvalue weighted by molar-refractivity contribution is 5.95. The number of hydrogen-bond donors (Lipinski definition) is 3. The van der Waals surface area contributed by atoms with Crippen LogP contribution in [0.25, 0.3) is 0 Å². The maximum absolute atomic E-state index is 11.3. The van der Waals surface area contributed by atoms with E-state index in [0.29, 0.717) is 18.7 Å². The van der Waals surface area contributed by atoms with Gasteiger partial charge in [-0.25, -0.2) is 4.98 Å². The molecule has 0 saturated carbocycles. The van der Waals surface area contributed by atoms with Crippen LogP contribution in [0.2, 0.25) is 0 Å². The zero-order valence-electron chi connectivity index (χ0n) is 6.76. The standard InChI is InChI=1S/C7H8N4O2/c8-7-10-3-1-2-9-5(12)4(3)6(13)11-7/h1-2H2,(H,9,12)(H3,8,10,11,13). The molecule has 0 unspecified atom stereocenters. The lowest BCUT2D eigenvalue weighted by Gasteiger charge is -2.13. The maximum atomic E-state index is 11.3. The van der Waals surface area contributed by atoms with Gasteiger partial charge in [-0.2, -0.15) is 0 Å². The van der Waals surface area contributed by atoms with E-state index in [1.807, 2.05) is 0 Å². The fraction of sp³-hybridized carbons (Fsp3) is 0.286. The summed E-state index contributed by atoms with van der Waals surface area (Å²) < 4.78 is 0. The molecule has 6 heteroatoms. The first-order valence-corrected chi connectivity index (χ1v) is 3.85. The van der Waals surface area contributed by atoms with Gasteiger partial charge in [-0.1, -0.05) is 0 Å². The van der Waals surface area contributed by atoms with Gasteiger partial charge in [-0.3, -0.25) is 14.6 Å². The smallest absolute Gasteiger partial charge is 0.265 e. The van der Waals surface area contributed by atoms with Crippen molar-refractivity contribution in [2.24, 2.45) is 0 Å². The molecule has 0 fully saturated rings. The molecule has 0 spiro atoms. The number of nitrogen functional groups attached to an aromatic ring is 1. The third-order valence-corrected chi connectivity index (χ3v) is 1.89. The third-order valence-electron chi connectivity index (χ3n) is 1.89. The van der Waals surface area contributed by atoms with E-state index < -0.39 is 5.56 Å². The van der Waals surface area contributed by atoms with Gasteiger partial charge in [-0.15, -0.1) is 0 Å². The van der Waals surface area contributed by atoms with E-state index >= 15 is 0 Å². The average Bonchev–Trinajstić information content (AvgIpc) is 2.02. The quantitative estimate of drug-likeness (QED) is 0.459. The first-order valence-electron chi connectivity index (χ1n) is 3.85. The number of carbonyl (C=O) groups excluding carboxylic acids is 1. The van der Waals surface area contributed by atoms with Crippen molar-refractivity contribution in [2.75, 3.05) is 12.3 Å². The van der Waals surface area contributed by atoms with Gasteiger partial charge in [-0.05, 0) is 0 Å². The fourth-order valence-corrected chi connectivity index (χ4v) is 1.34. The maximum Gasteiger partial charge on any atom is 0.265 e. The third kappa shape index (κ3) is 1.16. The lowest BCUT2D eigenvalue weighted by Crippen LogP contribution is -2.38. The van der Waals surface area contributed by atoms with Crippen LogP contribution in [0, 0.1) is 0 Å². The van der Waals surface area contributed by atoms with Crippen molar-refractivity contribution >= 4 is 11.9 Å². The van der Waals surface area contributed by atoms with Crippen LogP contribution in [-0.2, 0) is 6.42 Å². The second-order valence-corrected chi connectivity index (χ2v) is 2.78. The molecular weight excluding hydrogens is 172 g/mol. The van der Waals surface area contributed by atoms with Gasteiger partial charge in [0.15, 0.2) is 0 Å². The minimum absolute atomic E-state index is 0.0541. The minimum Gasteiger partial charge on any atom is -0.369 e. The summed E-state index contributed by atoms with van der Waals surface area (Å²) in [6.07, 6.45) is 0.551. The lowest BCUT2D eigenvalue weighted by atomic mass is 10.1. The number of rotatable bonds is 0. The van der Waals surface area contributed by atoms with Crippen molar-refractivity contribution in [2.45, 2.75) is 6.42 Å². The number of aromatic amines is 1. The fourth-order valence-electron chi connectivity index (χ4n) is 1.34. The van der Waals surface area contributed by atoms with E-state index in [4.69, 9.17) is 5.73 Å². The molecule has 4 N–H and O–H groups in total. The molecule has 1 amide bonds. The first kappa shape index (κ1) is 7.78. The number of anilines is 1. The van der Waals surface area contributed by atoms with Crippen LogP contribution >= 0.6 is 0 Å². The summed E-state index contributed by atoms with van der Waals surface area (Å²) in [5.74, 6) is -0.326. The monoisotopic (exact) mass is 180 g/mol. The molecule has 0 bridgehead atoms. The normalized spacial score (nSPS) is 14.9. The van der Waals surface area contributed by atoms with E-state index in [1.54, 1.807) is 0 Å². The Bertz CT molecular complexity index is 423. The number of amides is 1. The molecule has 0 radical (unpaired) electrons. The highest BCUT2D eigenvalue weighted by Crippen LogP contribution is 2.06. The molecule has 0 aromatic carbocycles. The van der Waals surface area contributed by atoms with Gasteiger partial charge in [0.2, 0.25) is 5.95 Å². The number of fused-ring (bicyclic) bond motifs is 1. The number of H-pyrrole nitrogens is 1. The SMILES string of the molecule is Nc1nc2c(c(=O)[nH]1)C(=O)NCC2. The summed E-state index contributed by atoms with van der Waals surface area (Å²) in [5.41, 5.74) is 5.42. The lowest BCUT2D eigenvalue weighted by molar-refractivity contribution is 0.0943. The van der Waals surface area contributed by atoms with Gasteiger partial charge < -0.3 is 11.1 Å². The number of hydrogen-bond acceptors (Lipinski definition) is 4. The Morgan fingerprint density at radius 2 is 2.15 bits per heavy atom. The highest BCUT2D eigenvalue weighted by atomic mass is 16.2. The highest BCUT2D eigenvalue weighted by Gasteiger charge is 2.21. The molecule has 2 rings (SSSR count). The zero-order chi connectivity index (χ0) is 9.42. The second kappa shape index (κ2) is 2.58. The summed E-state index contributed by atoms with van der Waals surface area (Å²) in [6, 6.07) is 0. The molecule has 13 heavy (non-hydrogen) atoms. The topological polar surface area (TPSA) is 101 Å². The molecule has 1 aromatic heterocycles. The number of nitrogens with zero attached hydrogens (tertiary/aromatic N) is 1. The molecule has 68 valence electrons. The number of carbonyl (C=O) groups is 1. The minimum atomic E-state index is -0.472. The van der Waals surface area contributed by atoms with Crippen molar-refractivity contribution < 1.29 is 4.79 Å². The summed E-state index contributed by atoms with van der Waals surface area (Å²) >= 11 is 0. The number of aromatic nitrogens is 2. The van der Waals surface area contributed by atoms with Crippen LogP contribution < -0.4 is 16.6 Å². The van der Waals surface area contributed by atoms with E-state index in [0.717, 1.165) is 0 Å². The van der Waals surface area contributed by atoms with Crippen molar-refractivity contribution in [3.63, 3.8) is 0 Å². The van der Waals surface area contributed by atoms with Crippen molar-refractivity contribution in [1.82, 2.24) is 15.3 Å².